The lowest BCUT2D eigenvalue weighted by Gasteiger charge is -2.24. The minimum atomic E-state index is -4.29. The Bertz CT molecular complexity index is 1140. The fraction of sp³-hybridized carbons (Fsp3) is 0.761. The van der Waals surface area contributed by atoms with Gasteiger partial charge in [0.2, 0.25) is 0 Å². The maximum Gasteiger partial charge on any atom is 0.472 e. The van der Waals surface area contributed by atoms with Crippen LogP contribution in [0.1, 0.15) is 162 Å². The van der Waals surface area contributed by atoms with Crippen LogP contribution in [0.25, 0.3) is 0 Å². The Morgan fingerprint density at radius 1 is 0.661 bits per heavy atom. The van der Waals surface area contributed by atoms with E-state index in [0.717, 1.165) is 38.5 Å². The van der Waals surface area contributed by atoms with Gasteiger partial charge in [0, 0.05) is 6.42 Å². The Kier molecular flexibility index (Phi) is 32.5. The molecule has 0 aromatic heterocycles. The van der Waals surface area contributed by atoms with Crippen molar-refractivity contribution < 1.29 is 42.0 Å². The number of rotatable bonds is 39. The largest absolute Gasteiger partial charge is 0.492 e. The molecule has 1 heterocycles. The van der Waals surface area contributed by atoms with Crippen LogP contribution in [0.4, 0.5) is 0 Å². The molecule has 10 heteroatoms. The highest BCUT2D eigenvalue weighted by Crippen LogP contribution is 2.43. The minimum absolute atomic E-state index is 0.0753. The van der Waals surface area contributed by atoms with Crippen molar-refractivity contribution in [3.63, 3.8) is 0 Å². The molecule has 324 valence electrons. The second kappa shape index (κ2) is 35.0. The third kappa shape index (κ3) is 35.2. The lowest BCUT2D eigenvalue weighted by molar-refractivity contribution is -0.870. The number of carbonyl (C=O) groups is 1. The molecule has 0 bridgehead atoms. The van der Waals surface area contributed by atoms with Crippen molar-refractivity contribution in [3.8, 4) is 0 Å². The van der Waals surface area contributed by atoms with E-state index in [0.29, 0.717) is 29.7 Å². The number of ether oxygens (including phenoxy) is 3. The van der Waals surface area contributed by atoms with Gasteiger partial charge < -0.3 is 23.6 Å². The van der Waals surface area contributed by atoms with Gasteiger partial charge in [-0.3, -0.25) is 13.8 Å². The summed E-state index contributed by atoms with van der Waals surface area (Å²) in [5, 5.41) is 0. The van der Waals surface area contributed by atoms with Crippen LogP contribution >= 0.6 is 7.82 Å². The van der Waals surface area contributed by atoms with Crippen molar-refractivity contribution in [1.82, 2.24) is 0 Å². The van der Waals surface area contributed by atoms with Gasteiger partial charge in [-0.15, -0.1) is 0 Å². The maximum absolute atomic E-state index is 12.5. The van der Waals surface area contributed by atoms with E-state index in [1.54, 1.807) is 6.26 Å². The molecule has 0 aromatic carbocycles. The summed E-state index contributed by atoms with van der Waals surface area (Å²) in [4.78, 5) is 22.7. The van der Waals surface area contributed by atoms with Gasteiger partial charge >= 0.3 is 13.8 Å². The number of phosphoric acid groups is 1. The Hall–Kier alpha value is -2.00. The van der Waals surface area contributed by atoms with Crippen molar-refractivity contribution in [2.75, 3.05) is 47.5 Å². The highest BCUT2D eigenvalue weighted by molar-refractivity contribution is 7.47. The minimum Gasteiger partial charge on any atom is -0.492 e. The number of epoxide rings is 1. The summed E-state index contributed by atoms with van der Waals surface area (Å²) in [6, 6.07) is 0. The van der Waals surface area contributed by atoms with Gasteiger partial charge in [0.05, 0.1) is 46.2 Å². The molecular weight excluding hydrogens is 725 g/mol. The molecule has 1 aliphatic rings. The summed E-state index contributed by atoms with van der Waals surface area (Å²) in [5.41, 5.74) is 0. The van der Waals surface area contributed by atoms with Crippen molar-refractivity contribution in [1.29, 1.82) is 0 Å². The van der Waals surface area contributed by atoms with Gasteiger partial charge in [0.1, 0.15) is 19.8 Å². The van der Waals surface area contributed by atoms with Crippen molar-refractivity contribution in [2.45, 2.75) is 180 Å². The smallest absolute Gasteiger partial charge is 0.472 e. The number of nitrogens with zero attached hydrogens (tertiary/aromatic N) is 1. The van der Waals surface area contributed by atoms with Crippen molar-refractivity contribution >= 4 is 13.8 Å². The average Bonchev–Trinajstić information content (AvgIpc) is 3.91. The molecule has 1 rings (SSSR count). The lowest BCUT2D eigenvalue weighted by atomic mass is 10.1. The summed E-state index contributed by atoms with van der Waals surface area (Å²) >= 11 is 0. The monoisotopic (exact) mass is 809 g/mol. The van der Waals surface area contributed by atoms with E-state index in [1.165, 1.54) is 96.3 Å². The van der Waals surface area contributed by atoms with Gasteiger partial charge in [-0.1, -0.05) is 120 Å². The summed E-state index contributed by atoms with van der Waals surface area (Å²) in [7, 11) is 1.63. The van der Waals surface area contributed by atoms with E-state index in [-0.39, 0.29) is 32.2 Å². The Balaban J connectivity index is 2.29. The Morgan fingerprint density at radius 2 is 1.16 bits per heavy atom. The molecule has 9 nitrogen and oxygen atoms in total. The zero-order valence-corrected chi connectivity index (χ0v) is 37.2. The number of phosphoric ester groups is 1. The highest BCUT2D eigenvalue weighted by atomic mass is 31.2. The summed E-state index contributed by atoms with van der Waals surface area (Å²) in [6.45, 7) is 4.77. The fourth-order valence-corrected chi connectivity index (χ4v) is 6.60. The maximum atomic E-state index is 12.5. The van der Waals surface area contributed by atoms with Gasteiger partial charge in [0.15, 0.2) is 6.10 Å². The number of esters is 1. The van der Waals surface area contributed by atoms with Crippen molar-refractivity contribution in [2.24, 2.45) is 0 Å². The van der Waals surface area contributed by atoms with E-state index < -0.39 is 13.9 Å². The standard InChI is InChI=1S/C46H82NO8P/c1-6-8-10-12-14-15-16-17-18-19-20-21-22-26-30-34-39-51-43(42-54-56(49,50)53-40-38-47(3,4)5)41-52-46(48)37-33-29-25-23-24-28-32-36-45-44(55-45)35-31-27-13-11-9-7-2/h15-16,23,25,27-28,31-32,34,39,43-45H,6-14,17-22,24,26,29-30,33,35-38,40-42H2,1-5H3/p+1/b16-15-,25-23-,31-27-,32-28-,39-34+/t43-,44?,45?/m1/s1. The van der Waals surface area contributed by atoms with Gasteiger partial charge in [0.25, 0.3) is 0 Å². The molecule has 1 aliphatic heterocycles. The van der Waals surface area contributed by atoms with Crippen molar-refractivity contribution in [3.05, 3.63) is 60.9 Å². The second-order valence-corrected chi connectivity index (χ2v) is 17.6. The molecule has 0 saturated carbocycles. The third-order valence-electron chi connectivity index (χ3n) is 9.54. The van der Waals surface area contributed by atoms with E-state index in [1.807, 2.05) is 27.2 Å². The molecular formula is C46H83NO8P+. The first-order chi connectivity index (χ1) is 27.1. The number of hydrogen-bond donors (Lipinski definition) is 1. The first-order valence-corrected chi connectivity index (χ1v) is 23.7. The zero-order chi connectivity index (χ0) is 41.0. The molecule has 56 heavy (non-hydrogen) atoms. The molecule has 0 aliphatic carbocycles. The molecule has 0 amide bonds. The van der Waals surface area contributed by atoms with Crippen LogP contribution in [0, 0.1) is 0 Å². The highest BCUT2D eigenvalue weighted by Gasteiger charge is 2.36. The van der Waals surface area contributed by atoms with E-state index in [9.17, 15) is 14.3 Å². The third-order valence-corrected chi connectivity index (χ3v) is 10.5. The second-order valence-electron chi connectivity index (χ2n) is 16.2. The van der Waals surface area contributed by atoms with Crippen LogP contribution in [0.5, 0.6) is 0 Å². The van der Waals surface area contributed by atoms with Crippen LogP contribution in [0.2, 0.25) is 0 Å². The van der Waals surface area contributed by atoms with Crippen LogP contribution < -0.4 is 0 Å². The summed E-state index contributed by atoms with van der Waals surface area (Å²) in [6.07, 6.45) is 46.8. The van der Waals surface area contributed by atoms with Crippen LogP contribution in [-0.2, 0) is 32.6 Å². The Labute approximate surface area is 343 Å². The van der Waals surface area contributed by atoms with Gasteiger partial charge in [-0.05, 0) is 89.5 Å². The number of carbonyl (C=O) groups excluding carboxylic acids is 1. The molecule has 1 N–H and O–H groups in total. The normalized spacial score (nSPS) is 17.9. The Morgan fingerprint density at radius 3 is 1.80 bits per heavy atom. The average molecular weight is 809 g/mol. The predicted octanol–water partition coefficient (Wildman–Crippen LogP) is 12.3. The molecule has 0 aromatic rings. The topological polar surface area (TPSA) is 104 Å². The molecule has 4 atom stereocenters. The van der Waals surface area contributed by atoms with Crippen LogP contribution in [0.3, 0.4) is 0 Å². The first-order valence-electron chi connectivity index (χ1n) is 22.2. The molecule has 1 saturated heterocycles. The van der Waals surface area contributed by atoms with E-state index in [2.05, 4.69) is 62.5 Å². The summed E-state index contributed by atoms with van der Waals surface area (Å²) in [5.74, 6) is -0.338. The first kappa shape index (κ1) is 52.0. The number of unbranched alkanes of at least 4 members (excludes halogenated alkanes) is 15. The number of quaternary nitrogens is 1. The van der Waals surface area contributed by atoms with E-state index in [4.69, 9.17) is 23.3 Å². The SMILES string of the molecule is CCCCC/C=C\CC1OC1C/C=C\C/C=C\CCCC(=O)OC[C@H](COP(=O)(O)OCC[N+](C)(C)C)O/C=C/CCCCCCCC/C=C\CCCCCC. The zero-order valence-electron chi connectivity index (χ0n) is 36.3. The number of hydrogen-bond acceptors (Lipinski definition) is 7. The van der Waals surface area contributed by atoms with E-state index >= 15 is 0 Å². The molecule has 3 unspecified atom stereocenters. The van der Waals surface area contributed by atoms with Crippen LogP contribution in [0.15, 0.2) is 60.9 Å². The molecule has 0 spiro atoms. The lowest BCUT2D eigenvalue weighted by Crippen LogP contribution is -2.37. The van der Waals surface area contributed by atoms with Gasteiger partial charge in [-0.2, -0.15) is 0 Å². The predicted molar refractivity (Wildman–Crippen MR) is 232 cm³/mol. The summed E-state index contributed by atoms with van der Waals surface area (Å²) < 4.78 is 40.5. The molecule has 1 fully saturated rings. The van der Waals surface area contributed by atoms with Gasteiger partial charge in [-0.25, -0.2) is 4.57 Å². The molecule has 0 radical (unpaired) electrons. The fourth-order valence-electron chi connectivity index (χ4n) is 5.86. The number of likely N-dealkylation sites (N-methyl/N-ethyl adjacent to an activating group) is 1. The number of allylic oxidation sites excluding steroid dienone is 7. The van der Waals surface area contributed by atoms with Crippen LogP contribution in [-0.4, -0.2) is 81.2 Å². The quantitative estimate of drug-likeness (QED) is 0.0125.